The van der Waals surface area contributed by atoms with Crippen LogP contribution < -0.4 is 10.5 Å². The number of nitriles is 1. The average Bonchev–Trinajstić information content (AvgIpc) is 2.31. The van der Waals surface area contributed by atoms with Crippen LogP contribution in [0.15, 0.2) is 12.1 Å². The van der Waals surface area contributed by atoms with Crippen LogP contribution >= 0.6 is 0 Å². The first kappa shape index (κ1) is 13.7. The molecule has 7 heteroatoms. The van der Waals surface area contributed by atoms with Crippen LogP contribution in [0.5, 0.6) is 5.75 Å². The summed E-state index contributed by atoms with van der Waals surface area (Å²) in [5, 5.41) is 8.82. The number of halogens is 2. The maximum atomic E-state index is 12.3. The smallest absolute Gasteiger partial charge is 0.387 e. The molecule has 2 N–H and O–H groups in total. The second kappa shape index (κ2) is 5.82. The quantitative estimate of drug-likeness (QED) is 0.651. The molecule has 5 nitrogen and oxygen atoms in total. The largest absolute Gasteiger partial charge is 0.469 e. The van der Waals surface area contributed by atoms with Crippen LogP contribution in [0.1, 0.15) is 11.1 Å². The highest BCUT2D eigenvalue weighted by atomic mass is 19.3. The molecule has 18 heavy (non-hydrogen) atoms. The third kappa shape index (κ3) is 3.31. The van der Waals surface area contributed by atoms with Crippen molar-refractivity contribution in [2.24, 2.45) is 0 Å². The van der Waals surface area contributed by atoms with Crippen molar-refractivity contribution >= 4 is 11.7 Å². The predicted molar refractivity (Wildman–Crippen MR) is 57.9 cm³/mol. The van der Waals surface area contributed by atoms with Gasteiger partial charge in [-0.05, 0) is 12.1 Å². The van der Waals surface area contributed by atoms with Crippen molar-refractivity contribution in [1.29, 1.82) is 5.26 Å². The van der Waals surface area contributed by atoms with E-state index in [4.69, 9.17) is 11.0 Å². The molecule has 0 aromatic heterocycles. The molecular weight excluding hydrogens is 246 g/mol. The van der Waals surface area contributed by atoms with Crippen LogP contribution in [0.2, 0.25) is 0 Å². The lowest BCUT2D eigenvalue weighted by Crippen LogP contribution is -2.11. The minimum Gasteiger partial charge on any atom is -0.469 e. The van der Waals surface area contributed by atoms with Gasteiger partial charge in [0.05, 0.1) is 19.1 Å². The Kier molecular flexibility index (Phi) is 4.43. The summed E-state index contributed by atoms with van der Waals surface area (Å²) in [6.45, 7) is -3.10. The van der Waals surface area contributed by atoms with E-state index < -0.39 is 12.6 Å². The van der Waals surface area contributed by atoms with Gasteiger partial charge in [-0.1, -0.05) is 0 Å². The third-order valence-corrected chi connectivity index (χ3v) is 2.08. The summed E-state index contributed by atoms with van der Waals surface area (Å²) in [4.78, 5) is 11.1. The molecule has 0 spiro atoms. The first-order valence-electron chi connectivity index (χ1n) is 4.82. The number of rotatable bonds is 4. The fraction of sp³-hybridized carbons (Fsp3) is 0.273. The molecule has 1 aromatic carbocycles. The van der Waals surface area contributed by atoms with Crippen molar-refractivity contribution in [2.45, 2.75) is 13.0 Å². The number of nitrogens with zero attached hydrogens (tertiary/aromatic N) is 1. The molecule has 0 saturated carbocycles. The van der Waals surface area contributed by atoms with E-state index in [2.05, 4.69) is 9.47 Å². The molecule has 0 aliphatic heterocycles. The summed E-state index contributed by atoms with van der Waals surface area (Å²) in [6.07, 6.45) is -0.307. The summed E-state index contributed by atoms with van der Waals surface area (Å²) >= 11 is 0. The summed E-state index contributed by atoms with van der Waals surface area (Å²) in [7, 11) is 1.16. The highest BCUT2D eigenvalue weighted by Gasteiger charge is 2.18. The van der Waals surface area contributed by atoms with E-state index in [1.54, 1.807) is 6.07 Å². The molecule has 96 valence electrons. The number of carbonyl (C=O) groups excluding carboxylic acids is 1. The van der Waals surface area contributed by atoms with Gasteiger partial charge in [0, 0.05) is 11.3 Å². The summed E-state index contributed by atoms with van der Waals surface area (Å²) in [5.74, 6) is -1.00. The second-order valence-electron chi connectivity index (χ2n) is 3.30. The molecule has 1 rings (SSSR count). The van der Waals surface area contributed by atoms with Crippen molar-refractivity contribution in [2.75, 3.05) is 12.8 Å². The summed E-state index contributed by atoms with van der Waals surface area (Å²) < 4.78 is 33.2. The Bertz CT molecular complexity index is 498. The van der Waals surface area contributed by atoms with Crippen molar-refractivity contribution in [3.8, 4) is 11.8 Å². The van der Waals surface area contributed by atoms with Crippen molar-refractivity contribution in [3.63, 3.8) is 0 Å². The van der Waals surface area contributed by atoms with Crippen LogP contribution in [0.25, 0.3) is 0 Å². The van der Waals surface area contributed by atoms with Crippen LogP contribution in [-0.2, 0) is 16.0 Å². The molecular formula is C11H10F2N2O3. The normalized spacial score (nSPS) is 9.94. The minimum absolute atomic E-state index is 0.0821. The topological polar surface area (TPSA) is 85.3 Å². The van der Waals surface area contributed by atoms with E-state index in [-0.39, 0.29) is 29.0 Å². The highest BCUT2D eigenvalue weighted by Crippen LogP contribution is 2.29. The minimum atomic E-state index is -3.10. The molecule has 0 atom stereocenters. The Morgan fingerprint density at radius 1 is 1.56 bits per heavy atom. The Hall–Kier alpha value is -2.36. The van der Waals surface area contributed by atoms with Gasteiger partial charge >= 0.3 is 12.6 Å². The second-order valence-corrected chi connectivity index (χ2v) is 3.30. The van der Waals surface area contributed by atoms with E-state index in [0.717, 1.165) is 7.11 Å². The van der Waals surface area contributed by atoms with Crippen LogP contribution in [-0.4, -0.2) is 19.7 Å². The summed E-state index contributed by atoms with van der Waals surface area (Å²) in [5.41, 5.74) is 5.60. The number of esters is 1. The number of nitrogen functional groups attached to an aromatic ring is 1. The Balaban J connectivity index is 3.24. The third-order valence-electron chi connectivity index (χ3n) is 2.08. The number of hydrogen-bond donors (Lipinski definition) is 1. The van der Waals surface area contributed by atoms with Crippen molar-refractivity contribution in [3.05, 3.63) is 23.3 Å². The van der Waals surface area contributed by atoms with Gasteiger partial charge in [0.1, 0.15) is 11.8 Å². The maximum Gasteiger partial charge on any atom is 0.387 e. The number of benzene rings is 1. The van der Waals surface area contributed by atoms with Crippen LogP contribution in [0.4, 0.5) is 14.5 Å². The lowest BCUT2D eigenvalue weighted by molar-refractivity contribution is -0.139. The molecule has 0 aliphatic carbocycles. The molecule has 1 aromatic rings. The van der Waals surface area contributed by atoms with Gasteiger partial charge in [0.15, 0.2) is 0 Å². The summed E-state index contributed by atoms with van der Waals surface area (Å²) in [6, 6.07) is 4.16. The number of hydrogen-bond acceptors (Lipinski definition) is 5. The van der Waals surface area contributed by atoms with Gasteiger partial charge in [0.2, 0.25) is 0 Å². The molecule has 0 fully saturated rings. The first-order valence-corrected chi connectivity index (χ1v) is 4.82. The monoisotopic (exact) mass is 256 g/mol. The standard InChI is InChI=1S/C11H10F2N2O3/c1-17-9(16)4-6-2-8(15)3-7(5-14)10(6)18-11(12)13/h2-3,11H,4,15H2,1H3. The number of ether oxygens (including phenoxy) is 2. The highest BCUT2D eigenvalue weighted by molar-refractivity contribution is 5.75. The van der Waals surface area contributed by atoms with Crippen LogP contribution in [0.3, 0.4) is 0 Å². The lowest BCUT2D eigenvalue weighted by Gasteiger charge is -2.12. The van der Waals surface area contributed by atoms with Gasteiger partial charge in [0.25, 0.3) is 0 Å². The maximum absolute atomic E-state index is 12.3. The van der Waals surface area contributed by atoms with Gasteiger partial charge in [-0.25, -0.2) is 0 Å². The Morgan fingerprint density at radius 2 is 2.22 bits per heavy atom. The lowest BCUT2D eigenvalue weighted by atomic mass is 10.1. The van der Waals surface area contributed by atoms with Gasteiger partial charge in [-0.3, -0.25) is 4.79 Å². The molecule has 0 amide bonds. The van der Waals surface area contributed by atoms with E-state index >= 15 is 0 Å². The molecule has 0 saturated heterocycles. The number of carbonyl (C=O) groups is 1. The Labute approximate surface area is 102 Å². The zero-order valence-electron chi connectivity index (χ0n) is 9.44. The molecule has 0 heterocycles. The van der Waals surface area contributed by atoms with Crippen LogP contribution in [0, 0.1) is 11.3 Å². The number of methoxy groups -OCH3 is 1. The fourth-order valence-corrected chi connectivity index (χ4v) is 1.38. The van der Waals surface area contributed by atoms with Crippen molar-refractivity contribution < 1.29 is 23.0 Å². The predicted octanol–water partition coefficient (Wildman–Crippen LogP) is 1.46. The van der Waals surface area contributed by atoms with Crippen molar-refractivity contribution in [1.82, 2.24) is 0 Å². The average molecular weight is 256 g/mol. The molecule has 0 radical (unpaired) electrons. The van der Waals surface area contributed by atoms with E-state index in [1.807, 2.05) is 0 Å². The number of alkyl halides is 2. The number of anilines is 1. The van der Waals surface area contributed by atoms with Gasteiger partial charge in [-0.2, -0.15) is 14.0 Å². The van der Waals surface area contributed by atoms with Gasteiger partial charge in [-0.15, -0.1) is 0 Å². The number of nitrogens with two attached hydrogens (primary N) is 1. The SMILES string of the molecule is COC(=O)Cc1cc(N)cc(C#N)c1OC(F)F. The zero-order chi connectivity index (χ0) is 13.7. The molecule has 0 aliphatic rings. The fourth-order valence-electron chi connectivity index (χ4n) is 1.38. The Morgan fingerprint density at radius 3 is 2.72 bits per heavy atom. The first-order chi connectivity index (χ1) is 8.47. The van der Waals surface area contributed by atoms with Gasteiger partial charge < -0.3 is 15.2 Å². The van der Waals surface area contributed by atoms with E-state index in [9.17, 15) is 13.6 Å². The molecule has 0 bridgehead atoms. The van der Waals surface area contributed by atoms with E-state index in [1.165, 1.54) is 12.1 Å². The molecule has 0 unspecified atom stereocenters. The van der Waals surface area contributed by atoms with E-state index in [0.29, 0.717) is 0 Å². The zero-order valence-corrected chi connectivity index (χ0v) is 9.44.